The number of hydroxylamine groups is 3. The zero-order valence-corrected chi connectivity index (χ0v) is 16.7. The molecule has 0 saturated carbocycles. The van der Waals surface area contributed by atoms with Crippen molar-refractivity contribution in [3.63, 3.8) is 0 Å². The largest absolute Gasteiger partial charge is 0.633 e. The van der Waals surface area contributed by atoms with Gasteiger partial charge in [-0.25, -0.2) is 0 Å². The van der Waals surface area contributed by atoms with Gasteiger partial charge in [-0.05, 0) is 29.7 Å². The third-order valence-corrected chi connectivity index (χ3v) is 6.25. The average Bonchev–Trinajstić information content (AvgIpc) is 2.71. The Bertz CT molecular complexity index is 716. The number of fused-ring (bicyclic) bond motifs is 2. The molecule has 0 radical (unpaired) electrons. The fraction of sp³-hybridized carbons (Fsp3) is 0.368. The fourth-order valence-corrected chi connectivity index (χ4v) is 4.73. The Labute approximate surface area is 166 Å². The van der Waals surface area contributed by atoms with Crippen LogP contribution in [-0.4, -0.2) is 42.8 Å². The molecule has 3 nitrogen and oxygen atoms in total. The third-order valence-electron chi connectivity index (χ3n) is 5.05. The van der Waals surface area contributed by atoms with Crippen molar-refractivity contribution in [2.45, 2.75) is 22.3 Å². The first-order valence-electron chi connectivity index (χ1n) is 8.27. The summed E-state index contributed by atoms with van der Waals surface area (Å²) in [6, 6.07) is 17.9. The van der Waals surface area contributed by atoms with Crippen molar-refractivity contribution in [3.05, 3.63) is 64.9 Å². The van der Waals surface area contributed by atoms with Gasteiger partial charge >= 0.3 is 0 Å². The SMILES string of the molecule is C[N+]1([O-])CCN(C2Cc3ccccc3Sc3ccccc32)CC1.Cl.Cl. The lowest BCUT2D eigenvalue weighted by molar-refractivity contribution is -0.865. The van der Waals surface area contributed by atoms with Crippen LogP contribution < -0.4 is 0 Å². The molecule has 1 unspecified atom stereocenters. The van der Waals surface area contributed by atoms with Crippen molar-refractivity contribution < 1.29 is 4.65 Å². The van der Waals surface area contributed by atoms with E-state index < -0.39 is 0 Å². The second-order valence-corrected chi connectivity index (χ2v) is 7.83. The van der Waals surface area contributed by atoms with Gasteiger partial charge in [0.1, 0.15) is 0 Å². The number of likely N-dealkylation sites (N-methyl/N-ethyl adjacent to an activating group) is 1. The molecule has 1 saturated heterocycles. The van der Waals surface area contributed by atoms with Gasteiger partial charge in [0, 0.05) is 28.9 Å². The van der Waals surface area contributed by atoms with Crippen LogP contribution in [0.3, 0.4) is 0 Å². The smallest absolute Gasteiger partial charge is 0.0911 e. The Morgan fingerprint density at radius 3 is 2.28 bits per heavy atom. The van der Waals surface area contributed by atoms with Gasteiger partial charge in [0.2, 0.25) is 0 Å². The molecule has 25 heavy (non-hydrogen) atoms. The molecule has 6 heteroatoms. The summed E-state index contributed by atoms with van der Waals surface area (Å²) in [5.41, 5.74) is 2.83. The summed E-state index contributed by atoms with van der Waals surface area (Å²) < 4.78 is -0.101. The van der Waals surface area contributed by atoms with E-state index in [9.17, 15) is 5.21 Å². The molecule has 4 rings (SSSR count). The maximum Gasteiger partial charge on any atom is 0.0911 e. The van der Waals surface area contributed by atoms with E-state index >= 15 is 0 Å². The van der Waals surface area contributed by atoms with Crippen LogP contribution in [0.15, 0.2) is 58.3 Å². The number of quaternary nitrogens is 1. The first kappa shape index (κ1) is 20.6. The summed E-state index contributed by atoms with van der Waals surface area (Å²) in [6.45, 7) is 3.14. The van der Waals surface area contributed by atoms with E-state index in [-0.39, 0.29) is 29.5 Å². The molecule has 2 aliphatic heterocycles. The summed E-state index contributed by atoms with van der Waals surface area (Å²) in [4.78, 5) is 5.23. The van der Waals surface area contributed by atoms with Gasteiger partial charge in [-0.1, -0.05) is 48.2 Å². The van der Waals surface area contributed by atoms with Crippen molar-refractivity contribution in [2.24, 2.45) is 0 Å². The number of hydrogen-bond donors (Lipinski definition) is 0. The van der Waals surface area contributed by atoms with Crippen LogP contribution >= 0.6 is 36.6 Å². The minimum Gasteiger partial charge on any atom is -0.633 e. The summed E-state index contributed by atoms with van der Waals surface area (Å²) in [7, 11) is 1.80. The van der Waals surface area contributed by atoms with Crippen molar-refractivity contribution in [1.29, 1.82) is 0 Å². The van der Waals surface area contributed by atoms with Crippen LogP contribution in [0.4, 0.5) is 0 Å². The molecule has 1 atom stereocenters. The highest BCUT2D eigenvalue weighted by atomic mass is 35.5. The van der Waals surface area contributed by atoms with E-state index in [1.807, 2.05) is 11.8 Å². The Morgan fingerprint density at radius 2 is 1.56 bits per heavy atom. The molecule has 2 aliphatic rings. The van der Waals surface area contributed by atoms with Gasteiger partial charge in [-0.3, -0.25) is 4.90 Å². The standard InChI is InChI=1S/C19H22N2OS.2ClH/c1-21(22)12-10-20(11-13-21)17-14-15-6-2-4-8-18(15)23-19-9-5-3-7-16(17)19;;/h2-9,17H,10-14H2,1H3;2*1H. The monoisotopic (exact) mass is 398 g/mol. The van der Waals surface area contributed by atoms with Gasteiger partial charge in [0.05, 0.1) is 20.1 Å². The van der Waals surface area contributed by atoms with Crippen molar-refractivity contribution in [2.75, 3.05) is 33.2 Å². The molecule has 0 spiro atoms. The third kappa shape index (κ3) is 4.33. The molecule has 0 aliphatic carbocycles. The van der Waals surface area contributed by atoms with Crippen LogP contribution in [0.5, 0.6) is 0 Å². The summed E-state index contributed by atoms with van der Waals surface area (Å²) >= 11 is 1.88. The van der Waals surface area contributed by atoms with E-state index in [0.29, 0.717) is 19.1 Å². The maximum absolute atomic E-state index is 12.2. The number of halogens is 2. The minimum absolute atomic E-state index is 0. The van der Waals surface area contributed by atoms with Crippen molar-refractivity contribution in [1.82, 2.24) is 4.90 Å². The van der Waals surface area contributed by atoms with Crippen LogP contribution in [0.2, 0.25) is 0 Å². The van der Waals surface area contributed by atoms with E-state index in [0.717, 1.165) is 19.5 Å². The first-order valence-corrected chi connectivity index (χ1v) is 9.08. The highest BCUT2D eigenvalue weighted by molar-refractivity contribution is 7.99. The number of benzene rings is 2. The molecule has 2 heterocycles. The highest BCUT2D eigenvalue weighted by Crippen LogP contribution is 2.42. The number of rotatable bonds is 1. The molecular formula is C19H24Cl2N2OS. The lowest BCUT2D eigenvalue weighted by Gasteiger charge is -2.47. The fourth-order valence-electron chi connectivity index (χ4n) is 3.60. The van der Waals surface area contributed by atoms with Crippen LogP contribution in [-0.2, 0) is 6.42 Å². The minimum atomic E-state index is -0.101. The van der Waals surface area contributed by atoms with Crippen molar-refractivity contribution >= 4 is 36.6 Å². The second kappa shape index (κ2) is 8.30. The molecule has 0 amide bonds. The van der Waals surface area contributed by atoms with E-state index in [1.54, 1.807) is 7.05 Å². The van der Waals surface area contributed by atoms with Gasteiger partial charge in [0.25, 0.3) is 0 Å². The molecule has 1 fully saturated rings. The molecule has 0 aromatic heterocycles. The first-order chi connectivity index (χ1) is 11.1. The molecular weight excluding hydrogens is 375 g/mol. The van der Waals surface area contributed by atoms with Gasteiger partial charge in [-0.15, -0.1) is 24.8 Å². The van der Waals surface area contributed by atoms with Gasteiger partial charge in [-0.2, -0.15) is 0 Å². The van der Waals surface area contributed by atoms with Gasteiger partial charge in [0.15, 0.2) is 0 Å². The lowest BCUT2D eigenvalue weighted by atomic mass is 9.96. The Morgan fingerprint density at radius 1 is 0.960 bits per heavy atom. The van der Waals surface area contributed by atoms with Crippen molar-refractivity contribution in [3.8, 4) is 0 Å². The number of hydrogen-bond acceptors (Lipinski definition) is 3. The summed E-state index contributed by atoms with van der Waals surface area (Å²) in [6.07, 6.45) is 1.03. The normalized spacial score (nSPS) is 21.8. The maximum atomic E-state index is 12.2. The molecule has 0 N–H and O–H groups in total. The molecule has 2 aromatic rings. The van der Waals surface area contributed by atoms with E-state index in [1.165, 1.54) is 20.9 Å². The van der Waals surface area contributed by atoms with E-state index in [2.05, 4.69) is 53.4 Å². The zero-order chi connectivity index (χ0) is 15.9. The predicted octanol–water partition coefficient (Wildman–Crippen LogP) is 4.54. The quantitative estimate of drug-likeness (QED) is 0.520. The zero-order valence-electron chi connectivity index (χ0n) is 14.3. The molecule has 136 valence electrons. The number of nitrogens with zero attached hydrogens (tertiary/aromatic N) is 2. The molecule has 0 bridgehead atoms. The molecule has 2 aromatic carbocycles. The summed E-state index contributed by atoms with van der Waals surface area (Å²) in [5.74, 6) is 0. The lowest BCUT2D eigenvalue weighted by Crippen LogP contribution is -2.54. The Kier molecular flexibility index (Phi) is 6.82. The van der Waals surface area contributed by atoms with E-state index in [4.69, 9.17) is 0 Å². The Hall–Kier alpha value is -0.750. The highest BCUT2D eigenvalue weighted by Gasteiger charge is 2.31. The summed E-state index contributed by atoms with van der Waals surface area (Å²) in [5, 5.41) is 12.2. The van der Waals surface area contributed by atoms with Crippen LogP contribution in [0, 0.1) is 5.21 Å². The van der Waals surface area contributed by atoms with Crippen LogP contribution in [0.1, 0.15) is 17.2 Å². The average molecular weight is 399 g/mol. The van der Waals surface area contributed by atoms with Gasteiger partial charge < -0.3 is 9.85 Å². The number of piperazine rings is 1. The van der Waals surface area contributed by atoms with Crippen LogP contribution in [0.25, 0.3) is 0 Å². The topological polar surface area (TPSA) is 26.3 Å². The predicted molar refractivity (Wildman–Crippen MR) is 109 cm³/mol. The Balaban J connectivity index is 0.00000113. The second-order valence-electron chi connectivity index (χ2n) is 6.75.